The van der Waals surface area contributed by atoms with Crippen molar-refractivity contribution >= 4 is 0 Å². The molecule has 3 heteroatoms. The Morgan fingerprint density at radius 2 is 2.06 bits per heavy atom. The summed E-state index contributed by atoms with van der Waals surface area (Å²) in [6.45, 7) is 7.39. The maximum Gasteiger partial charge on any atom is 0.0590 e. The van der Waals surface area contributed by atoms with Gasteiger partial charge in [-0.05, 0) is 44.4 Å². The molecule has 2 fully saturated rings. The minimum absolute atomic E-state index is 0.278. The molecule has 2 aliphatic rings. The molecule has 2 saturated carbocycles. The fourth-order valence-corrected chi connectivity index (χ4v) is 3.65. The second kappa shape index (κ2) is 5.25. The summed E-state index contributed by atoms with van der Waals surface area (Å²) >= 11 is 0. The van der Waals surface area contributed by atoms with Crippen LogP contribution in [-0.2, 0) is 4.74 Å². The molecule has 1 atom stereocenters. The predicted octanol–water partition coefficient (Wildman–Crippen LogP) is 1.86. The molecule has 2 N–H and O–H groups in total. The Bertz CT molecular complexity index is 247. The molecular weight excluding hydrogens is 212 g/mol. The first-order valence-corrected chi connectivity index (χ1v) is 7.08. The first-order valence-electron chi connectivity index (χ1n) is 7.08. The van der Waals surface area contributed by atoms with E-state index in [-0.39, 0.29) is 5.54 Å². The summed E-state index contributed by atoms with van der Waals surface area (Å²) in [5.41, 5.74) is 6.36. The Balaban J connectivity index is 2.02. The highest BCUT2D eigenvalue weighted by molar-refractivity contribution is 5.05. The first kappa shape index (κ1) is 13.3. The van der Waals surface area contributed by atoms with Crippen LogP contribution in [0.5, 0.6) is 0 Å². The third-order valence-electron chi connectivity index (χ3n) is 4.78. The molecule has 0 heterocycles. The van der Waals surface area contributed by atoms with Crippen LogP contribution in [0, 0.1) is 11.8 Å². The van der Waals surface area contributed by atoms with Gasteiger partial charge in [0.05, 0.1) is 6.61 Å². The fourth-order valence-electron chi connectivity index (χ4n) is 3.65. The lowest BCUT2D eigenvalue weighted by molar-refractivity contribution is -0.0528. The molecule has 0 saturated heterocycles. The summed E-state index contributed by atoms with van der Waals surface area (Å²) in [7, 11) is 1.79. The smallest absolute Gasteiger partial charge is 0.0590 e. The summed E-state index contributed by atoms with van der Waals surface area (Å²) in [6.07, 6.45) is 5.34. The van der Waals surface area contributed by atoms with Gasteiger partial charge in [-0.2, -0.15) is 0 Å². The second-order valence-corrected chi connectivity index (χ2v) is 6.21. The van der Waals surface area contributed by atoms with E-state index in [1.807, 2.05) is 0 Å². The highest BCUT2D eigenvalue weighted by atomic mass is 16.5. The Hall–Kier alpha value is -0.120. The predicted molar refractivity (Wildman–Crippen MR) is 71.0 cm³/mol. The maximum absolute atomic E-state index is 6.08. The molecule has 2 rings (SSSR count). The second-order valence-electron chi connectivity index (χ2n) is 6.21. The van der Waals surface area contributed by atoms with Crippen molar-refractivity contribution in [1.29, 1.82) is 0 Å². The van der Waals surface area contributed by atoms with E-state index >= 15 is 0 Å². The highest BCUT2D eigenvalue weighted by Gasteiger charge is 2.49. The van der Waals surface area contributed by atoms with Crippen LogP contribution in [0.25, 0.3) is 0 Å². The first-order chi connectivity index (χ1) is 8.13. The zero-order valence-electron chi connectivity index (χ0n) is 11.6. The lowest BCUT2D eigenvalue weighted by Gasteiger charge is -2.55. The van der Waals surface area contributed by atoms with Gasteiger partial charge in [-0.15, -0.1) is 0 Å². The van der Waals surface area contributed by atoms with Crippen molar-refractivity contribution in [3.05, 3.63) is 0 Å². The highest BCUT2D eigenvalue weighted by Crippen LogP contribution is 2.46. The van der Waals surface area contributed by atoms with Crippen molar-refractivity contribution in [3.63, 3.8) is 0 Å². The topological polar surface area (TPSA) is 38.5 Å². The van der Waals surface area contributed by atoms with Gasteiger partial charge < -0.3 is 10.5 Å². The Morgan fingerprint density at radius 3 is 2.47 bits per heavy atom. The summed E-state index contributed by atoms with van der Waals surface area (Å²) in [6, 6.07) is 0.682. The van der Waals surface area contributed by atoms with E-state index in [0.717, 1.165) is 31.5 Å². The fraction of sp³-hybridized carbons (Fsp3) is 1.00. The normalized spacial score (nSPS) is 34.8. The molecule has 0 amide bonds. The molecule has 0 aliphatic heterocycles. The summed E-state index contributed by atoms with van der Waals surface area (Å²) in [5, 5.41) is 0. The zero-order chi connectivity index (χ0) is 12.5. The zero-order valence-corrected chi connectivity index (χ0v) is 11.6. The summed E-state index contributed by atoms with van der Waals surface area (Å²) in [4.78, 5) is 2.66. The van der Waals surface area contributed by atoms with Gasteiger partial charge in [0.2, 0.25) is 0 Å². The molecule has 0 aromatic heterocycles. The van der Waals surface area contributed by atoms with E-state index in [9.17, 15) is 0 Å². The molecule has 100 valence electrons. The molecule has 2 aliphatic carbocycles. The van der Waals surface area contributed by atoms with Crippen LogP contribution in [-0.4, -0.2) is 43.3 Å². The van der Waals surface area contributed by atoms with Crippen molar-refractivity contribution in [3.8, 4) is 0 Å². The van der Waals surface area contributed by atoms with Gasteiger partial charge in [-0.1, -0.05) is 6.92 Å². The van der Waals surface area contributed by atoms with E-state index in [0.29, 0.717) is 6.04 Å². The van der Waals surface area contributed by atoms with Gasteiger partial charge >= 0.3 is 0 Å². The van der Waals surface area contributed by atoms with Crippen LogP contribution in [0.2, 0.25) is 0 Å². The minimum Gasteiger partial charge on any atom is -0.383 e. The van der Waals surface area contributed by atoms with Crippen LogP contribution in [0.3, 0.4) is 0 Å². The Morgan fingerprint density at radius 1 is 1.41 bits per heavy atom. The molecular formula is C14H28N2O. The van der Waals surface area contributed by atoms with Gasteiger partial charge in [-0.25, -0.2) is 0 Å². The molecule has 0 spiro atoms. The lowest BCUT2D eigenvalue weighted by atomic mass is 9.67. The molecule has 0 bridgehead atoms. The monoisotopic (exact) mass is 240 g/mol. The quantitative estimate of drug-likeness (QED) is 0.738. The lowest BCUT2D eigenvalue weighted by Crippen LogP contribution is -2.64. The van der Waals surface area contributed by atoms with Gasteiger partial charge in [-0.3, -0.25) is 4.90 Å². The standard InChI is InChI=1S/C14H28N2O/c1-11-8-14(9-11,10-15)16(6-7-17-3)12(2)13-4-5-13/h11-13H,4-10,15H2,1-3H3. The minimum atomic E-state index is 0.278. The van der Waals surface area contributed by atoms with E-state index in [1.54, 1.807) is 7.11 Å². The average molecular weight is 240 g/mol. The average Bonchev–Trinajstić information content (AvgIpc) is 3.09. The molecule has 0 radical (unpaired) electrons. The van der Waals surface area contributed by atoms with Crippen molar-refractivity contribution in [2.45, 2.75) is 51.1 Å². The number of rotatable bonds is 7. The molecule has 17 heavy (non-hydrogen) atoms. The number of nitrogens with zero attached hydrogens (tertiary/aromatic N) is 1. The number of methoxy groups -OCH3 is 1. The van der Waals surface area contributed by atoms with Crippen molar-refractivity contribution in [1.82, 2.24) is 4.90 Å². The van der Waals surface area contributed by atoms with Crippen molar-refractivity contribution < 1.29 is 4.74 Å². The largest absolute Gasteiger partial charge is 0.383 e. The van der Waals surface area contributed by atoms with Crippen molar-refractivity contribution in [2.75, 3.05) is 26.8 Å². The number of hydrogen-bond donors (Lipinski definition) is 1. The Labute approximate surface area is 106 Å². The Kier molecular flexibility index (Phi) is 4.11. The van der Waals surface area contributed by atoms with E-state index in [4.69, 9.17) is 10.5 Å². The molecule has 3 nitrogen and oxygen atoms in total. The third kappa shape index (κ3) is 2.67. The SMILES string of the molecule is COCCN(C(C)C1CC1)C1(CN)CC(C)C1. The van der Waals surface area contributed by atoms with E-state index < -0.39 is 0 Å². The molecule has 1 unspecified atom stereocenters. The van der Waals surface area contributed by atoms with Crippen LogP contribution >= 0.6 is 0 Å². The van der Waals surface area contributed by atoms with E-state index in [2.05, 4.69) is 18.7 Å². The van der Waals surface area contributed by atoms with Crippen LogP contribution in [0.1, 0.15) is 39.5 Å². The van der Waals surface area contributed by atoms with Gasteiger partial charge in [0.15, 0.2) is 0 Å². The van der Waals surface area contributed by atoms with Crippen molar-refractivity contribution in [2.24, 2.45) is 17.6 Å². The molecule has 0 aromatic carbocycles. The number of nitrogens with two attached hydrogens (primary N) is 1. The third-order valence-corrected chi connectivity index (χ3v) is 4.78. The van der Waals surface area contributed by atoms with Gasteiger partial charge in [0.25, 0.3) is 0 Å². The van der Waals surface area contributed by atoms with E-state index in [1.165, 1.54) is 25.7 Å². The number of ether oxygens (including phenoxy) is 1. The van der Waals surface area contributed by atoms with Crippen LogP contribution in [0.15, 0.2) is 0 Å². The van der Waals surface area contributed by atoms with Gasteiger partial charge in [0.1, 0.15) is 0 Å². The van der Waals surface area contributed by atoms with Crippen LogP contribution < -0.4 is 5.73 Å². The summed E-state index contributed by atoms with van der Waals surface area (Å²) < 4.78 is 5.28. The maximum atomic E-state index is 6.08. The van der Waals surface area contributed by atoms with Crippen LogP contribution in [0.4, 0.5) is 0 Å². The summed E-state index contributed by atoms with van der Waals surface area (Å²) in [5.74, 6) is 1.75. The van der Waals surface area contributed by atoms with Gasteiger partial charge in [0, 0.05) is 31.8 Å². The number of hydrogen-bond acceptors (Lipinski definition) is 3. The molecule has 0 aromatic rings.